The zero-order chi connectivity index (χ0) is 17.9. The second-order valence-corrected chi connectivity index (χ2v) is 22.2. The molecule has 0 radical (unpaired) electrons. The fraction of sp³-hybridized carbons (Fsp3) is 0.368. The number of rotatable bonds is 5. The number of hydrogen-bond acceptors (Lipinski definition) is 4. The first-order valence-corrected chi connectivity index (χ1v) is 19.0. The Hall–Kier alpha value is -1.32. The van der Waals surface area contributed by atoms with Gasteiger partial charge in [0.1, 0.15) is 0 Å². The minimum atomic E-state index is -2.12. The zero-order valence-corrected chi connectivity index (χ0v) is 18.6. The number of carbonyl (C=O) groups excluding carboxylic acids is 1. The van der Waals surface area contributed by atoms with E-state index in [0.29, 0.717) is 17.0 Å². The second-order valence-electron chi connectivity index (χ2n) is 6.62. The van der Waals surface area contributed by atoms with Crippen LogP contribution in [0.4, 0.5) is 0 Å². The Morgan fingerprint density at radius 2 is 1.83 bits per heavy atom. The number of nitrogens with zero attached hydrogens (tertiary/aromatic N) is 1. The molecule has 0 bridgehead atoms. The van der Waals surface area contributed by atoms with Crippen molar-refractivity contribution in [1.82, 2.24) is 0 Å². The van der Waals surface area contributed by atoms with E-state index in [2.05, 4.69) is 33.0 Å². The molecular formula is C19H23NO2SSn. The predicted molar refractivity (Wildman–Crippen MR) is 103 cm³/mol. The van der Waals surface area contributed by atoms with Crippen LogP contribution in [-0.2, 0) is 11.2 Å². The molecule has 2 rings (SSSR count). The summed E-state index contributed by atoms with van der Waals surface area (Å²) in [4.78, 5) is 20.9. The number of carbonyl (C=O) groups is 1. The molecule has 0 saturated heterocycles. The van der Waals surface area contributed by atoms with Crippen LogP contribution in [-0.4, -0.2) is 31.0 Å². The summed E-state index contributed by atoms with van der Waals surface area (Å²) >= 11 is -0.742. The summed E-state index contributed by atoms with van der Waals surface area (Å²) in [5.41, 5.74) is 2.26. The van der Waals surface area contributed by atoms with Crippen molar-refractivity contribution >= 4 is 39.3 Å². The number of aryl methyl sites for hydroxylation is 1. The summed E-state index contributed by atoms with van der Waals surface area (Å²) in [7, 11) is 0. The third kappa shape index (κ3) is 3.84. The van der Waals surface area contributed by atoms with Crippen LogP contribution in [0.25, 0.3) is 11.1 Å². The van der Waals surface area contributed by atoms with E-state index in [9.17, 15) is 10.1 Å². The van der Waals surface area contributed by atoms with Gasteiger partial charge in [-0.1, -0.05) is 0 Å². The standard InChI is InChI=1S/C16H14NO2S.3CH3.Sn/c1-3-13-12(10-17)14(11-8-6-5-7-9-11)15(20-13)16(18)19-4-2;;;;/h6-9H,3-4H2,1-2H3;3*1H3;. The molecule has 1 aromatic carbocycles. The van der Waals surface area contributed by atoms with Crippen molar-refractivity contribution < 1.29 is 9.53 Å². The summed E-state index contributed by atoms with van der Waals surface area (Å²) in [5, 5.41) is 9.62. The van der Waals surface area contributed by atoms with Gasteiger partial charge in [0.15, 0.2) is 0 Å². The normalized spacial score (nSPS) is 11.2. The van der Waals surface area contributed by atoms with Gasteiger partial charge in [-0.15, -0.1) is 0 Å². The van der Waals surface area contributed by atoms with Crippen molar-refractivity contribution in [3.8, 4) is 17.2 Å². The van der Waals surface area contributed by atoms with Crippen molar-refractivity contribution in [2.24, 2.45) is 0 Å². The molecule has 5 heteroatoms. The Morgan fingerprint density at radius 1 is 1.21 bits per heavy atom. The maximum atomic E-state index is 12.4. The number of hydrogen-bond donors (Lipinski definition) is 0. The summed E-state index contributed by atoms with van der Waals surface area (Å²) in [6.45, 7) is 4.13. The van der Waals surface area contributed by atoms with Gasteiger partial charge in [0.2, 0.25) is 0 Å². The number of esters is 1. The Kier molecular flexibility index (Phi) is 6.11. The molecule has 0 aliphatic rings. The third-order valence-electron chi connectivity index (χ3n) is 3.91. The third-order valence-corrected chi connectivity index (χ3v) is 11.1. The van der Waals surface area contributed by atoms with Crippen molar-refractivity contribution in [2.75, 3.05) is 6.61 Å². The van der Waals surface area contributed by atoms with E-state index in [-0.39, 0.29) is 5.97 Å². The van der Waals surface area contributed by atoms with Crippen molar-refractivity contribution in [2.45, 2.75) is 35.1 Å². The quantitative estimate of drug-likeness (QED) is 0.498. The SMILES string of the molecule is CCOC(=O)c1sc(CC)c(C#N)c1-c1cc[c]([Sn]([CH3])([CH3])[CH3])cc1. The topological polar surface area (TPSA) is 50.1 Å². The first kappa shape index (κ1) is 19.0. The van der Waals surface area contributed by atoms with Crippen LogP contribution in [0.2, 0.25) is 14.8 Å². The molecule has 126 valence electrons. The number of ether oxygens (including phenoxy) is 1. The average Bonchev–Trinajstić information content (AvgIpc) is 2.93. The molecule has 0 spiro atoms. The monoisotopic (exact) mass is 449 g/mol. The average molecular weight is 448 g/mol. The van der Waals surface area contributed by atoms with Gasteiger partial charge in [-0.2, -0.15) is 0 Å². The fourth-order valence-corrected chi connectivity index (χ4v) is 7.03. The van der Waals surface area contributed by atoms with Gasteiger partial charge in [0.25, 0.3) is 0 Å². The van der Waals surface area contributed by atoms with Crippen molar-refractivity contribution in [3.05, 3.63) is 39.6 Å². The van der Waals surface area contributed by atoms with E-state index in [1.165, 1.54) is 14.9 Å². The molecule has 0 saturated carbocycles. The van der Waals surface area contributed by atoms with E-state index >= 15 is 0 Å². The molecule has 1 aromatic heterocycles. The zero-order valence-electron chi connectivity index (χ0n) is 14.9. The predicted octanol–water partition coefficient (Wildman–Crippen LogP) is 4.57. The van der Waals surface area contributed by atoms with Crippen LogP contribution in [0.3, 0.4) is 0 Å². The van der Waals surface area contributed by atoms with Gasteiger partial charge in [-0.05, 0) is 0 Å². The maximum absolute atomic E-state index is 12.4. The molecule has 3 nitrogen and oxygen atoms in total. The van der Waals surface area contributed by atoms with E-state index in [1.54, 1.807) is 6.92 Å². The molecule has 0 aliphatic heterocycles. The van der Waals surface area contributed by atoms with E-state index in [4.69, 9.17) is 4.74 Å². The van der Waals surface area contributed by atoms with Crippen LogP contribution in [0, 0.1) is 11.3 Å². The van der Waals surface area contributed by atoms with Crippen LogP contribution in [0.5, 0.6) is 0 Å². The molecule has 0 unspecified atom stereocenters. The van der Waals surface area contributed by atoms with Crippen molar-refractivity contribution in [1.29, 1.82) is 5.26 Å². The minimum absolute atomic E-state index is 0.330. The number of nitriles is 1. The summed E-state index contributed by atoms with van der Waals surface area (Å²) in [6, 6.07) is 10.7. The number of benzene rings is 1. The summed E-state index contributed by atoms with van der Waals surface area (Å²) < 4.78 is 6.62. The molecule has 2 aromatic rings. The Bertz CT molecular complexity index is 779. The van der Waals surface area contributed by atoms with E-state index < -0.39 is 18.4 Å². The molecule has 24 heavy (non-hydrogen) atoms. The molecule has 0 N–H and O–H groups in total. The molecular weight excluding hydrogens is 425 g/mol. The van der Waals surface area contributed by atoms with Gasteiger partial charge in [0.05, 0.1) is 0 Å². The second kappa shape index (κ2) is 7.71. The van der Waals surface area contributed by atoms with Crippen LogP contribution >= 0.6 is 11.3 Å². The first-order valence-electron chi connectivity index (χ1n) is 8.17. The van der Waals surface area contributed by atoms with Gasteiger partial charge < -0.3 is 0 Å². The van der Waals surface area contributed by atoms with E-state index in [1.807, 2.05) is 19.1 Å². The first-order chi connectivity index (χ1) is 11.3. The molecule has 0 aliphatic carbocycles. The van der Waals surface area contributed by atoms with Gasteiger partial charge in [-0.3, -0.25) is 0 Å². The molecule has 0 amide bonds. The Balaban J connectivity index is 2.61. The van der Waals surface area contributed by atoms with Crippen LogP contribution < -0.4 is 3.58 Å². The number of thiophene rings is 1. The molecule has 0 atom stereocenters. The van der Waals surface area contributed by atoms with Crippen molar-refractivity contribution in [3.63, 3.8) is 0 Å². The van der Waals surface area contributed by atoms with Crippen LogP contribution in [0.15, 0.2) is 24.3 Å². The summed E-state index contributed by atoms with van der Waals surface area (Å²) in [6.07, 6.45) is 0.733. The Morgan fingerprint density at radius 3 is 2.29 bits per heavy atom. The molecule has 1 heterocycles. The van der Waals surface area contributed by atoms with E-state index in [0.717, 1.165) is 22.4 Å². The summed E-state index contributed by atoms with van der Waals surface area (Å²) in [5.74, 6) is -0.340. The van der Waals surface area contributed by atoms with Gasteiger partial charge >= 0.3 is 153 Å². The fourth-order valence-electron chi connectivity index (χ4n) is 2.60. The molecule has 0 fully saturated rings. The van der Waals surface area contributed by atoms with Gasteiger partial charge in [-0.25, -0.2) is 0 Å². The Labute approximate surface area is 152 Å². The van der Waals surface area contributed by atoms with Gasteiger partial charge in [0, 0.05) is 0 Å². The van der Waals surface area contributed by atoms with Crippen LogP contribution in [0.1, 0.15) is 34.0 Å².